The third kappa shape index (κ3) is 2.99. The maximum absolute atomic E-state index is 12.2. The average Bonchev–Trinajstić information content (AvgIpc) is 2.90. The van der Waals surface area contributed by atoms with E-state index in [1.54, 1.807) is 12.1 Å². The Balaban J connectivity index is 1.87. The minimum absolute atomic E-state index is 0.134. The second-order valence-electron chi connectivity index (χ2n) is 5.40. The van der Waals surface area contributed by atoms with Crippen LogP contribution in [-0.4, -0.2) is 30.1 Å². The smallest absolute Gasteiger partial charge is 0.255 e. The van der Waals surface area contributed by atoms with Crippen molar-refractivity contribution in [2.45, 2.75) is 6.54 Å². The number of fused-ring (bicyclic) bond motifs is 1. The van der Waals surface area contributed by atoms with E-state index >= 15 is 0 Å². The van der Waals surface area contributed by atoms with Gasteiger partial charge in [0, 0.05) is 23.2 Å². The van der Waals surface area contributed by atoms with Gasteiger partial charge in [0.2, 0.25) is 0 Å². The summed E-state index contributed by atoms with van der Waals surface area (Å²) in [6, 6.07) is 14.7. The minimum atomic E-state index is -0.134. The standard InChI is InChI=1S/C17H17N3O2/c1-20(2)11-15-14-10-13(8-9-16(14)22-19-15)18-17(21)12-6-4-3-5-7-12/h3-10H,11H2,1-2H3,(H,18,21). The predicted octanol–water partition coefficient (Wildman–Crippen LogP) is 3.14. The molecule has 0 saturated carbocycles. The highest BCUT2D eigenvalue weighted by Gasteiger charge is 2.11. The average molecular weight is 295 g/mol. The van der Waals surface area contributed by atoms with Crippen molar-refractivity contribution in [1.29, 1.82) is 0 Å². The number of amides is 1. The molecule has 1 amide bonds. The second-order valence-corrected chi connectivity index (χ2v) is 5.40. The molecule has 3 aromatic rings. The van der Waals surface area contributed by atoms with Gasteiger partial charge in [0.1, 0.15) is 5.69 Å². The lowest BCUT2D eigenvalue weighted by molar-refractivity contribution is 0.102. The molecule has 1 aromatic heterocycles. The molecule has 3 rings (SSSR count). The number of hydrogen-bond acceptors (Lipinski definition) is 4. The van der Waals surface area contributed by atoms with E-state index in [2.05, 4.69) is 10.5 Å². The zero-order chi connectivity index (χ0) is 15.5. The number of aromatic nitrogens is 1. The van der Waals surface area contributed by atoms with Crippen molar-refractivity contribution < 1.29 is 9.32 Å². The maximum Gasteiger partial charge on any atom is 0.255 e. The van der Waals surface area contributed by atoms with Gasteiger partial charge in [0.05, 0.1) is 0 Å². The van der Waals surface area contributed by atoms with E-state index in [1.807, 2.05) is 55.4 Å². The highest BCUT2D eigenvalue weighted by molar-refractivity contribution is 6.05. The van der Waals surface area contributed by atoms with Crippen molar-refractivity contribution in [3.05, 3.63) is 59.8 Å². The Hall–Kier alpha value is -2.66. The Kier molecular flexibility index (Phi) is 3.89. The first-order valence-corrected chi connectivity index (χ1v) is 7.03. The van der Waals surface area contributed by atoms with E-state index < -0.39 is 0 Å². The summed E-state index contributed by atoms with van der Waals surface area (Å²) >= 11 is 0. The molecule has 0 unspecified atom stereocenters. The van der Waals surface area contributed by atoms with Crippen LogP contribution in [0.4, 0.5) is 5.69 Å². The van der Waals surface area contributed by atoms with Crippen molar-refractivity contribution in [2.24, 2.45) is 0 Å². The van der Waals surface area contributed by atoms with Gasteiger partial charge in [-0.2, -0.15) is 0 Å². The van der Waals surface area contributed by atoms with Crippen LogP contribution in [0.5, 0.6) is 0 Å². The largest absolute Gasteiger partial charge is 0.356 e. The van der Waals surface area contributed by atoms with E-state index in [1.165, 1.54) is 0 Å². The predicted molar refractivity (Wildman–Crippen MR) is 85.8 cm³/mol. The summed E-state index contributed by atoms with van der Waals surface area (Å²) in [5, 5.41) is 7.90. The number of benzene rings is 2. The summed E-state index contributed by atoms with van der Waals surface area (Å²) in [5.74, 6) is -0.134. The number of hydrogen-bond donors (Lipinski definition) is 1. The first-order valence-electron chi connectivity index (χ1n) is 7.03. The summed E-state index contributed by atoms with van der Waals surface area (Å²) in [6.45, 7) is 0.684. The molecule has 5 heteroatoms. The molecule has 5 nitrogen and oxygen atoms in total. The lowest BCUT2D eigenvalue weighted by Gasteiger charge is -2.07. The van der Waals surface area contributed by atoms with Gasteiger partial charge in [-0.05, 0) is 44.4 Å². The Morgan fingerprint density at radius 3 is 2.68 bits per heavy atom. The van der Waals surface area contributed by atoms with Crippen LogP contribution in [0.3, 0.4) is 0 Å². The number of rotatable bonds is 4. The number of nitrogens with one attached hydrogen (secondary N) is 1. The van der Waals surface area contributed by atoms with Crippen molar-refractivity contribution in [2.75, 3.05) is 19.4 Å². The van der Waals surface area contributed by atoms with Gasteiger partial charge in [-0.15, -0.1) is 0 Å². The van der Waals surface area contributed by atoms with E-state index in [9.17, 15) is 4.79 Å². The van der Waals surface area contributed by atoms with Crippen LogP contribution in [0.1, 0.15) is 16.1 Å². The third-order valence-electron chi connectivity index (χ3n) is 3.30. The van der Waals surface area contributed by atoms with E-state index in [-0.39, 0.29) is 5.91 Å². The topological polar surface area (TPSA) is 58.4 Å². The molecular weight excluding hydrogens is 278 g/mol. The molecule has 1 N–H and O–H groups in total. The zero-order valence-corrected chi connectivity index (χ0v) is 12.5. The summed E-state index contributed by atoms with van der Waals surface area (Å²) in [7, 11) is 3.95. The highest BCUT2D eigenvalue weighted by atomic mass is 16.5. The minimum Gasteiger partial charge on any atom is -0.356 e. The Bertz CT molecular complexity index is 794. The van der Waals surface area contributed by atoms with Crippen LogP contribution in [0.2, 0.25) is 0 Å². The van der Waals surface area contributed by atoms with Crippen LogP contribution in [0.25, 0.3) is 11.0 Å². The first kappa shape index (κ1) is 14.3. The molecule has 0 aliphatic carbocycles. The lowest BCUT2D eigenvalue weighted by atomic mass is 10.1. The van der Waals surface area contributed by atoms with Crippen molar-refractivity contribution in [3.8, 4) is 0 Å². The van der Waals surface area contributed by atoms with Crippen LogP contribution in [-0.2, 0) is 6.54 Å². The van der Waals surface area contributed by atoms with Gasteiger partial charge in [-0.1, -0.05) is 23.4 Å². The van der Waals surface area contributed by atoms with Gasteiger partial charge < -0.3 is 14.7 Å². The van der Waals surface area contributed by atoms with Crippen LogP contribution in [0, 0.1) is 0 Å². The van der Waals surface area contributed by atoms with Crippen LogP contribution < -0.4 is 5.32 Å². The lowest BCUT2D eigenvalue weighted by Crippen LogP contribution is -2.12. The fourth-order valence-electron chi connectivity index (χ4n) is 2.27. The molecule has 2 aromatic carbocycles. The van der Waals surface area contributed by atoms with Crippen molar-refractivity contribution in [1.82, 2.24) is 10.1 Å². The summed E-state index contributed by atoms with van der Waals surface area (Å²) in [4.78, 5) is 14.2. The molecule has 0 aliphatic heterocycles. The summed E-state index contributed by atoms with van der Waals surface area (Å²) in [6.07, 6.45) is 0. The fraction of sp³-hybridized carbons (Fsp3) is 0.176. The van der Waals surface area contributed by atoms with Gasteiger partial charge in [-0.25, -0.2) is 0 Å². The quantitative estimate of drug-likeness (QED) is 0.803. The first-order chi connectivity index (χ1) is 10.6. The second kappa shape index (κ2) is 5.99. The number of nitrogens with zero attached hydrogens (tertiary/aromatic N) is 2. The van der Waals surface area contributed by atoms with Gasteiger partial charge in [0.25, 0.3) is 5.91 Å². The third-order valence-corrected chi connectivity index (χ3v) is 3.30. The summed E-state index contributed by atoms with van der Waals surface area (Å²) < 4.78 is 5.31. The zero-order valence-electron chi connectivity index (χ0n) is 12.5. The van der Waals surface area contributed by atoms with Gasteiger partial charge in [-0.3, -0.25) is 4.79 Å². The molecule has 0 saturated heterocycles. The number of anilines is 1. The molecule has 0 fully saturated rings. The molecule has 112 valence electrons. The normalized spacial score (nSPS) is 11.0. The molecule has 0 bridgehead atoms. The number of carbonyl (C=O) groups excluding carboxylic acids is 1. The van der Waals surface area contributed by atoms with Crippen LogP contribution >= 0.6 is 0 Å². The molecule has 0 atom stereocenters. The van der Waals surface area contributed by atoms with Gasteiger partial charge >= 0.3 is 0 Å². The van der Waals surface area contributed by atoms with Crippen molar-refractivity contribution in [3.63, 3.8) is 0 Å². The maximum atomic E-state index is 12.2. The Labute approximate surface area is 128 Å². The van der Waals surface area contributed by atoms with Crippen LogP contribution in [0.15, 0.2) is 53.1 Å². The Morgan fingerprint density at radius 2 is 1.95 bits per heavy atom. The number of carbonyl (C=O) groups is 1. The molecule has 0 spiro atoms. The monoisotopic (exact) mass is 295 g/mol. The molecular formula is C17H17N3O2. The van der Waals surface area contributed by atoms with E-state index in [0.29, 0.717) is 12.1 Å². The molecule has 22 heavy (non-hydrogen) atoms. The Morgan fingerprint density at radius 1 is 1.18 bits per heavy atom. The fourth-order valence-corrected chi connectivity index (χ4v) is 2.27. The van der Waals surface area contributed by atoms with Gasteiger partial charge in [0.15, 0.2) is 5.58 Å². The molecule has 0 aliphatic rings. The molecule has 0 radical (unpaired) electrons. The van der Waals surface area contributed by atoms with E-state index in [4.69, 9.17) is 4.52 Å². The molecule has 1 heterocycles. The van der Waals surface area contributed by atoms with E-state index in [0.717, 1.165) is 22.4 Å². The highest BCUT2D eigenvalue weighted by Crippen LogP contribution is 2.23. The SMILES string of the molecule is CN(C)Cc1noc2ccc(NC(=O)c3ccccc3)cc12. The summed E-state index contributed by atoms with van der Waals surface area (Å²) in [5.41, 5.74) is 2.93. The van der Waals surface area contributed by atoms with Crippen molar-refractivity contribution >= 4 is 22.6 Å².